The first-order chi connectivity index (χ1) is 21.0. The van der Waals surface area contributed by atoms with Gasteiger partial charge in [-0.1, -0.05) is 62.4 Å². The summed E-state index contributed by atoms with van der Waals surface area (Å²) in [6.45, 7) is 17.8. The second-order valence-corrected chi connectivity index (χ2v) is 12.7. The number of ether oxygens (including phenoxy) is 1. The number of anilines is 2. The van der Waals surface area contributed by atoms with Crippen LogP contribution in [0.15, 0.2) is 73.8 Å². The van der Waals surface area contributed by atoms with Gasteiger partial charge in [-0.2, -0.15) is 0 Å². The molecule has 8 heteroatoms. The van der Waals surface area contributed by atoms with E-state index in [2.05, 4.69) is 13.2 Å². The molecule has 7 atom stereocenters. The van der Waals surface area contributed by atoms with Gasteiger partial charge >= 0.3 is 0 Å². The zero-order valence-electron chi connectivity index (χ0n) is 26.5. The molecule has 0 aromatic heterocycles. The highest BCUT2D eigenvalue weighted by Crippen LogP contribution is 2.66. The van der Waals surface area contributed by atoms with Crippen molar-refractivity contribution in [2.24, 2.45) is 17.8 Å². The van der Waals surface area contributed by atoms with Gasteiger partial charge < -0.3 is 24.5 Å². The molecule has 3 aliphatic heterocycles. The number of para-hydroxylation sites is 2. The molecule has 8 nitrogen and oxygen atoms in total. The summed E-state index contributed by atoms with van der Waals surface area (Å²) in [6.07, 6.45) is 4.24. The molecule has 3 unspecified atom stereocenters. The summed E-state index contributed by atoms with van der Waals surface area (Å²) in [7, 11) is 0. The van der Waals surface area contributed by atoms with Gasteiger partial charge in [0.25, 0.3) is 5.91 Å². The van der Waals surface area contributed by atoms with Gasteiger partial charge in [0.15, 0.2) is 0 Å². The Morgan fingerprint density at radius 3 is 2.23 bits per heavy atom. The molecule has 1 spiro atoms. The molecule has 44 heavy (non-hydrogen) atoms. The van der Waals surface area contributed by atoms with Crippen molar-refractivity contribution < 1.29 is 24.2 Å². The van der Waals surface area contributed by atoms with Crippen molar-refractivity contribution >= 4 is 29.1 Å². The number of aliphatic hydroxyl groups is 1. The predicted octanol–water partition coefficient (Wildman–Crippen LogP) is 4.82. The molecule has 0 saturated carbocycles. The summed E-state index contributed by atoms with van der Waals surface area (Å²) in [5.41, 5.74) is 1.10. The first-order valence-corrected chi connectivity index (χ1v) is 15.6. The van der Waals surface area contributed by atoms with Crippen LogP contribution in [0, 0.1) is 31.6 Å². The maximum atomic E-state index is 15.0. The normalized spacial score (nSPS) is 29.3. The van der Waals surface area contributed by atoms with Gasteiger partial charge in [-0.3, -0.25) is 14.4 Å². The van der Waals surface area contributed by atoms with Crippen LogP contribution < -0.4 is 9.80 Å². The molecule has 3 fully saturated rings. The van der Waals surface area contributed by atoms with Crippen LogP contribution in [-0.4, -0.2) is 70.7 Å². The molecule has 2 aromatic rings. The van der Waals surface area contributed by atoms with Crippen molar-refractivity contribution in [3.8, 4) is 0 Å². The van der Waals surface area contributed by atoms with E-state index >= 15 is 4.79 Å². The molecular formula is C36H45N3O5. The Kier molecular flexibility index (Phi) is 8.62. The van der Waals surface area contributed by atoms with E-state index in [0.717, 1.165) is 16.8 Å². The number of likely N-dealkylation sites (tertiary alicyclic amines) is 1. The summed E-state index contributed by atoms with van der Waals surface area (Å²) in [4.78, 5) is 49.3. The second kappa shape index (κ2) is 12.0. The molecule has 3 saturated heterocycles. The molecule has 1 N–H and O–H groups in total. The minimum absolute atomic E-state index is 0.112. The van der Waals surface area contributed by atoms with Gasteiger partial charge in [0.1, 0.15) is 11.6 Å². The van der Waals surface area contributed by atoms with Crippen molar-refractivity contribution in [3.63, 3.8) is 0 Å². The number of rotatable bonds is 11. The molecule has 3 heterocycles. The highest BCUT2D eigenvalue weighted by Gasteiger charge is 2.80. The molecule has 3 amide bonds. The summed E-state index contributed by atoms with van der Waals surface area (Å²) in [5, 5.41) is 10.5. The van der Waals surface area contributed by atoms with E-state index in [-0.39, 0.29) is 43.3 Å². The molecule has 3 aliphatic rings. The van der Waals surface area contributed by atoms with Crippen LogP contribution in [0.25, 0.3) is 0 Å². The van der Waals surface area contributed by atoms with Crippen molar-refractivity contribution in [3.05, 3.63) is 85.0 Å². The van der Waals surface area contributed by atoms with E-state index < -0.39 is 35.1 Å². The third-order valence-corrected chi connectivity index (χ3v) is 10.3. The van der Waals surface area contributed by atoms with Crippen LogP contribution in [0.5, 0.6) is 0 Å². The predicted molar refractivity (Wildman–Crippen MR) is 172 cm³/mol. The number of hydrogen-bond acceptors (Lipinski definition) is 5. The molecule has 0 aliphatic carbocycles. The summed E-state index contributed by atoms with van der Waals surface area (Å²) >= 11 is 0. The minimum Gasteiger partial charge on any atom is -0.394 e. The zero-order chi connectivity index (χ0) is 32.0. The van der Waals surface area contributed by atoms with Gasteiger partial charge in [-0.05, 0) is 62.8 Å². The number of fused-ring (bicyclic) bond motifs is 1. The fourth-order valence-corrected chi connectivity index (χ4v) is 8.17. The van der Waals surface area contributed by atoms with E-state index in [9.17, 15) is 14.7 Å². The van der Waals surface area contributed by atoms with Gasteiger partial charge in [-0.25, -0.2) is 0 Å². The Labute approximate surface area is 261 Å². The van der Waals surface area contributed by atoms with Crippen LogP contribution in [0.3, 0.4) is 0 Å². The van der Waals surface area contributed by atoms with E-state index in [1.165, 1.54) is 0 Å². The first-order valence-electron chi connectivity index (χ1n) is 15.6. The molecule has 5 rings (SSSR count). The van der Waals surface area contributed by atoms with Crippen molar-refractivity contribution in [1.29, 1.82) is 0 Å². The highest BCUT2D eigenvalue weighted by atomic mass is 16.5. The van der Waals surface area contributed by atoms with Gasteiger partial charge in [-0.15, -0.1) is 13.2 Å². The summed E-state index contributed by atoms with van der Waals surface area (Å²) in [5.74, 6) is -2.66. The van der Waals surface area contributed by atoms with E-state index in [1.54, 1.807) is 26.9 Å². The lowest BCUT2D eigenvalue weighted by Gasteiger charge is -2.40. The SMILES string of the molecule is C=CCN(C(=O)[C@@H]1[C@H]2C(=O)N([C@@H](CC)CO)C(C(=O)N(CC=C)c3c(C)cccc3C)C23CC(C)[C@@]1(C)O3)c1ccccc1. The third kappa shape index (κ3) is 4.61. The quantitative estimate of drug-likeness (QED) is 0.374. The lowest BCUT2D eigenvalue weighted by Crippen LogP contribution is -2.59. The highest BCUT2D eigenvalue weighted by molar-refractivity contribution is 6.07. The van der Waals surface area contributed by atoms with Crippen LogP contribution >= 0.6 is 0 Å². The maximum absolute atomic E-state index is 15.0. The maximum Gasteiger partial charge on any atom is 0.253 e. The minimum atomic E-state index is -1.24. The number of carbonyl (C=O) groups is 3. The number of carbonyl (C=O) groups excluding carboxylic acids is 3. The van der Waals surface area contributed by atoms with Crippen LogP contribution in [-0.2, 0) is 19.1 Å². The lowest BCUT2D eigenvalue weighted by atomic mass is 9.62. The van der Waals surface area contributed by atoms with Crippen molar-refractivity contribution in [2.45, 2.75) is 70.7 Å². The number of aryl methyl sites for hydroxylation is 2. The Morgan fingerprint density at radius 2 is 1.66 bits per heavy atom. The Hall–Kier alpha value is -3.75. The van der Waals surface area contributed by atoms with E-state index in [0.29, 0.717) is 18.5 Å². The van der Waals surface area contributed by atoms with Gasteiger partial charge in [0.05, 0.1) is 30.1 Å². The number of nitrogens with zero attached hydrogens (tertiary/aromatic N) is 3. The molecule has 234 valence electrons. The third-order valence-electron chi connectivity index (χ3n) is 10.3. The van der Waals surface area contributed by atoms with E-state index in [1.807, 2.05) is 83.1 Å². The average molecular weight is 600 g/mol. The van der Waals surface area contributed by atoms with Gasteiger partial charge in [0.2, 0.25) is 11.8 Å². The van der Waals surface area contributed by atoms with E-state index in [4.69, 9.17) is 4.74 Å². The first kappa shape index (κ1) is 31.7. The topological polar surface area (TPSA) is 90.4 Å². The standard InChI is InChI=1S/C36H45N3O5/c1-8-19-37(27-17-12-11-13-18-27)32(41)28-29-33(42)39(26(10-3)22-40)31(36(29)21-25(6)35(28,7)44-36)34(43)38(20-9-2)30-23(4)15-14-16-24(30)5/h8-9,11-18,25-26,28-29,31,40H,1-2,10,19-22H2,3-7H3/t25?,26-,28-,29-,31?,35+,36?/m0/s1. The average Bonchev–Trinajstić information content (AvgIpc) is 3.52. The van der Waals surface area contributed by atoms with Crippen LogP contribution in [0.2, 0.25) is 0 Å². The lowest BCUT2D eigenvalue weighted by molar-refractivity contribution is -0.149. The zero-order valence-corrected chi connectivity index (χ0v) is 26.5. The second-order valence-electron chi connectivity index (χ2n) is 12.7. The smallest absolute Gasteiger partial charge is 0.253 e. The molecule has 2 bridgehead atoms. The number of amides is 3. The largest absolute Gasteiger partial charge is 0.394 e. The molecular weight excluding hydrogens is 554 g/mol. The number of benzene rings is 2. The summed E-state index contributed by atoms with van der Waals surface area (Å²) < 4.78 is 6.99. The fourth-order valence-electron chi connectivity index (χ4n) is 8.17. The number of aliphatic hydroxyl groups excluding tert-OH is 1. The van der Waals surface area contributed by atoms with Crippen molar-refractivity contribution in [2.75, 3.05) is 29.5 Å². The molecule has 2 aromatic carbocycles. The van der Waals surface area contributed by atoms with Gasteiger partial charge in [0, 0.05) is 24.5 Å². The van der Waals surface area contributed by atoms with Crippen molar-refractivity contribution in [1.82, 2.24) is 4.90 Å². The fraction of sp³-hybridized carbons (Fsp3) is 0.472. The Bertz CT molecular complexity index is 1430. The molecule has 0 radical (unpaired) electrons. The van der Waals surface area contributed by atoms with Crippen LogP contribution in [0.4, 0.5) is 11.4 Å². The Balaban J connectivity index is 1.68. The number of hydrogen-bond donors (Lipinski definition) is 1. The Morgan fingerprint density at radius 1 is 1.05 bits per heavy atom. The summed E-state index contributed by atoms with van der Waals surface area (Å²) in [6, 6.07) is 13.6. The van der Waals surface area contributed by atoms with Crippen LogP contribution in [0.1, 0.15) is 44.7 Å². The monoisotopic (exact) mass is 599 g/mol.